The Morgan fingerprint density at radius 2 is 0.587 bits per heavy atom. The fourth-order valence-corrected chi connectivity index (χ4v) is 12.1. The third-order valence-corrected chi connectivity index (χ3v) is 18.2. The van der Waals surface area contributed by atoms with Crippen LogP contribution in [0.3, 0.4) is 0 Å². The van der Waals surface area contributed by atoms with Crippen LogP contribution in [0.1, 0.15) is 344 Å². The van der Waals surface area contributed by atoms with Crippen LogP contribution in [-0.2, 0) is 65.4 Å². The molecule has 0 spiro atoms. The summed E-state index contributed by atoms with van der Waals surface area (Å²) in [4.78, 5) is 72.6. The molecule has 0 aliphatic rings. The molecule has 0 aliphatic heterocycles. The van der Waals surface area contributed by atoms with Crippen LogP contribution in [0.15, 0.2) is 24.3 Å². The van der Waals surface area contributed by atoms with Crippen molar-refractivity contribution in [2.75, 3.05) is 39.6 Å². The molecule has 92 heavy (non-hydrogen) atoms. The number of phosphoric acid groups is 2. The largest absolute Gasteiger partial charge is 0.472 e. The van der Waals surface area contributed by atoms with E-state index in [1.165, 1.54) is 135 Å². The minimum atomic E-state index is -4.96. The first-order valence-corrected chi connectivity index (χ1v) is 40.2. The van der Waals surface area contributed by atoms with Crippen LogP contribution >= 0.6 is 15.6 Å². The monoisotopic (exact) mass is 1350 g/mol. The van der Waals surface area contributed by atoms with Gasteiger partial charge in [0.1, 0.15) is 19.3 Å². The first-order valence-electron chi connectivity index (χ1n) is 37.2. The van der Waals surface area contributed by atoms with Crippen LogP contribution in [0, 0.1) is 17.8 Å². The van der Waals surface area contributed by atoms with Crippen molar-refractivity contribution < 1.29 is 80.2 Å². The zero-order valence-corrected chi connectivity index (χ0v) is 61.3. The molecule has 0 bridgehead atoms. The van der Waals surface area contributed by atoms with E-state index in [1.807, 2.05) is 0 Å². The summed E-state index contributed by atoms with van der Waals surface area (Å²) in [6.45, 7) is 11.7. The molecule has 3 unspecified atom stereocenters. The number of carbonyl (C=O) groups is 4. The third kappa shape index (κ3) is 66.2. The van der Waals surface area contributed by atoms with Gasteiger partial charge in [-0.05, 0) is 69.1 Å². The molecule has 0 aliphatic carbocycles. The summed E-state index contributed by atoms with van der Waals surface area (Å²) in [7, 11) is -9.92. The number of ether oxygens (including phenoxy) is 4. The van der Waals surface area contributed by atoms with Gasteiger partial charge in [-0.1, -0.05) is 291 Å². The first-order chi connectivity index (χ1) is 44.2. The van der Waals surface area contributed by atoms with Gasteiger partial charge in [0.25, 0.3) is 0 Å². The Hall–Kier alpha value is -2.46. The highest BCUT2D eigenvalue weighted by atomic mass is 31.2. The molecule has 0 heterocycles. The summed E-state index contributed by atoms with van der Waals surface area (Å²) in [5, 5.41) is 10.6. The number of rotatable bonds is 69. The number of hydrogen-bond donors (Lipinski definition) is 3. The molecule has 5 atom stereocenters. The molecule has 0 amide bonds. The maximum absolute atomic E-state index is 13.0. The average Bonchev–Trinajstić information content (AvgIpc) is 3.23. The normalized spacial score (nSPS) is 14.3. The molecule has 19 heteroatoms. The number of carbonyl (C=O) groups excluding carboxylic acids is 4. The number of aliphatic hydroxyl groups is 1. The second-order valence-electron chi connectivity index (χ2n) is 27.1. The lowest BCUT2D eigenvalue weighted by molar-refractivity contribution is -0.161. The van der Waals surface area contributed by atoms with E-state index in [2.05, 4.69) is 72.8 Å². The topological polar surface area (TPSA) is 237 Å². The van der Waals surface area contributed by atoms with Gasteiger partial charge in [-0.25, -0.2) is 9.13 Å². The maximum Gasteiger partial charge on any atom is 0.472 e. The quantitative estimate of drug-likeness (QED) is 0.0169. The van der Waals surface area contributed by atoms with Crippen molar-refractivity contribution >= 4 is 39.5 Å². The third-order valence-electron chi connectivity index (χ3n) is 16.3. The lowest BCUT2D eigenvalue weighted by Crippen LogP contribution is -2.30. The van der Waals surface area contributed by atoms with Crippen molar-refractivity contribution in [2.45, 2.75) is 362 Å². The molecule has 0 saturated carbocycles. The fourth-order valence-electron chi connectivity index (χ4n) is 10.5. The minimum Gasteiger partial charge on any atom is -0.462 e. The molecule has 0 aromatic carbocycles. The van der Waals surface area contributed by atoms with Gasteiger partial charge in [-0.3, -0.25) is 37.3 Å². The van der Waals surface area contributed by atoms with E-state index >= 15 is 0 Å². The number of esters is 4. The van der Waals surface area contributed by atoms with Crippen LogP contribution in [0.4, 0.5) is 0 Å². The smallest absolute Gasteiger partial charge is 0.462 e. The van der Waals surface area contributed by atoms with Gasteiger partial charge < -0.3 is 33.8 Å². The fraction of sp³-hybridized carbons (Fsp3) is 0.890. The predicted molar refractivity (Wildman–Crippen MR) is 372 cm³/mol. The minimum absolute atomic E-state index is 0.0990. The Morgan fingerprint density at radius 3 is 0.880 bits per heavy atom. The molecule has 0 fully saturated rings. The Balaban J connectivity index is 5.26. The Labute approximate surface area is 561 Å². The Kier molecular flexibility index (Phi) is 61.6. The summed E-state index contributed by atoms with van der Waals surface area (Å²) in [5.74, 6) is 0.0276. The van der Waals surface area contributed by atoms with Gasteiger partial charge >= 0.3 is 39.5 Å². The predicted octanol–water partition coefficient (Wildman–Crippen LogP) is 20.6. The second-order valence-corrected chi connectivity index (χ2v) is 30.0. The number of allylic oxidation sites excluding steroid dienone is 4. The Bertz CT molecular complexity index is 1890. The van der Waals surface area contributed by atoms with Crippen molar-refractivity contribution in [3.05, 3.63) is 24.3 Å². The first kappa shape index (κ1) is 89.5. The highest BCUT2D eigenvalue weighted by Crippen LogP contribution is 2.45. The van der Waals surface area contributed by atoms with Crippen molar-refractivity contribution in [2.24, 2.45) is 17.8 Å². The van der Waals surface area contributed by atoms with Crippen LogP contribution in [0.5, 0.6) is 0 Å². The molecule has 0 aromatic heterocycles. The lowest BCUT2D eigenvalue weighted by atomic mass is 10.0. The van der Waals surface area contributed by atoms with Crippen LogP contribution in [-0.4, -0.2) is 96.7 Å². The van der Waals surface area contributed by atoms with E-state index in [0.29, 0.717) is 31.6 Å². The number of phosphoric ester groups is 2. The van der Waals surface area contributed by atoms with Gasteiger partial charge in [-0.15, -0.1) is 0 Å². The summed E-state index contributed by atoms with van der Waals surface area (Å²) in [6.07, 6.45) is 51.0. The van der Waals surface area contributed by atoms with Gasteiger partial charge in [-0.2, -0.15) is 0 Å². The second kappa shape index (κ2) is 63.3. The molecular formula is C73H138O17P2. The molecule has 0 rings (SSSR count). The summed E-state index contributed by atoms with van der Waals surface area (Å²) in [6, 6.07) is 0. The highest BCUT2D eigenvalue weighted by molar-refractivity contribution is 7.47. The van der Waals surface area contributed by atoms with Crippen molar-refractivity contribution in [1.29, 1.82) is 0 Å². The molecule has 0 radical (unpaired) electrons. The maximum atomic E-state index is 13.0. The van der Waals surface area contributed by atoms with Crippen molar-refractivity contribution in [1.82, 2.24) is 0 Å². The van der Waals surface area contributed by atoms with E-state index in [-0.39, 0.29) is 25.7 Å². The van der Waals surface area contributed by atoms with Crippen LogP contribution < -0.4 is 0 Å². The van der Waals surface area contributed by atoms with Gasteiger partial charge in [0.05, 0.1) is 26.4 Å². The van der Waals surface area contributed by atoms with E-state index in [0.717, 1.165) is 121 Å². The molecule has 0 saturated heterocycles. The number of aliphatic hydroxyl groups excluding tert-OH is 1. The van der Waals surface area contributed by atoms with E-state index in [1.54, 1.807) is 0 Å². The highest BCUT2D eigenvalue weighted by Gasteiger charge is 2.30. The number of unbranched alkanes of at least 4 members (excludes halogenated alkanes) is 34. The van der Waals surface area contributed by atoms with Gasteiger partial charge in [0, 0.05) is 25.7 Å². The van der Waals surface area contributed by atoms with Crippen LogP contribution in [0.2, 0.25) is 0 Å². The van der Waals surface area contributed by atoms with Gasteiger partial charge in [0.15, 0.2) is 12.2 Å². The average molecular weight is 1350 g/mol. The molecular weight excluding hydrogens is 1210 g/mol. The standard InChI is InChI=1S/C73H138O17P2/c1-8-9-10-11-12-13-14-15-16-20-23-26-32-40-47-54-70(75)83-60-68(89-72(77)56-49-42-34-27-24-21-18-17-19-22-25-30-37-44-51-64(2)3)62-87-91(79,80)85-58-67(74)59-86-92(81,82)88-63-69(90-73(78)57-50-43-36-35-39-46-53-66(6)7)61-84-71(76)55-48-41-33-29-28-31-38-45-52-65(4)5/h13-16,64-69,74H,8-12,17-63H2,1-7H3,(H,79,80)(H,81,82)/b14-13-,16-15-/t67?,68-,69-/m1/s1. The van der Waals surface area contributed by atoms with Crippen molar-refractivity contribution in [3.8, 4) is 0 Å². The molecule has 3 N–H and O–H groups in total. The number of hydrogen-bond acceptors (Lipinski definition) is 15. The Morgan fingerprint density at radius 1 is 0.337 bits per heavy atom. The van der Waals surface area contributed by atoms with E-state index in [9.17, 15) is 43.2 Å². The molecule has 0 aromatic rings. The van der Waals surface area contributed by atoms with Crippen LogP contribution in [0.25, 0.3) is 0 Å². The van der Waals surface area contributed by atoms with Gasteiger partial charge in [0.2, 0.25) is 0 Å². The van der Waals surface area contributed by atoms with E-state index < -0.39 is 97.5 Å². The zero-order chi connectivity index (χ0) is 68.0. The molecule has 542 valence electrons. The summed E-state index contributed by atoms with van der Waals surface area (Å²) >= 11 is 0. The summed E-state index contributed by atoms with van der Waals surface area (Å²) < 4.78 is 68.3. The van der Waals surface area contributed by atoms with Crippen molar-refractivity contribution in [3.63, 3.8) is 0 Å². The van der Waals surface area contributed by atoms with E-state index in [4.69, 9.17) is 37.0 Å². The SMILES string of the molecule is CCCCCC/C=C\C=C/CCCCCCCC(=O)OC[C@H](COP(=O)(O)OCC(O)COP(=O)(O)OC[C@@H](COC(=O)CCCCCCCCCCC(C)C)OC(=O)CCCCCCCCC(C)C)OC(=O)CCCCCCCCCCCCCCCCC(C)C. The lowest BCUT2D eigenvalue weighted by Gasteiger charge is -2.21. The summed E-state index contributed by atoms with van der Waals surface area (Å²) in [5.41, 5.74) is 0. The zero-order valence-electron chi connectivity index (χ0n) is 59.5. The molecule has 17 nitrogen and oxygen atoms in total.